The number of nitriles is 3. The van der Waals surface area contributed by atoms with E-state index in [1.54, 1.807) is 24.3 Å². The Hall–Kier alpha value is -6.04. The van der Waals surface area contributed by atoms with Gasteiger partial charge in [-0.1, -0.05) is 54.6 Å². The summed E-state index contributed by atoms with van der Waals surface area (Å²) < 4.78 is 47.1. The van der Waals surface area contributed by atoms with E-state index in [0.29, 0.717) is 27.6 Å². The van der Waals surface area contributed by atoms with Crippen LogP contribution >= 0.6 is 0 Å². The van der Waals surface area contributed by atoms with Crippen LogP contribution in [0.4, 0.5) is 13.2 Å². The number of nitrogens with zero attached hydrogens (tertiary/aromatic N) is 5. The smallest absolute Gasteiger partial charge is 0.307 e. The van der Waals surface area contributed by atoms with Crippen LogP contribution in [-0.2, 0) is 6.18 Å². The zero-order valence-corrected chi connectivity index (χ0v) is 21.6. The first-order valence-corrected chi connectivity index (χ1v) is 12.9. The number of para-hydroxylation sites is 3. The van der Waals surface area contributed by atoms with Crippen molar-refractivity contribution >= 4 is 43.6 Å². The first-order chi connectivity index (χ1) is 20.4. The molecule has 0 N–H and O–H groups in total. The van der Waals surface area contributed by atoms with Crippen LogP contribution in [0.15, 0.2) is 97.1 Å². The van der Waals surface area contributed by atoms with Crippen LogP contribution < -0.4 is 0 Å². The number of hydrogen-bond acceptors (Lipinski definition) is 3. The molecule has 7 rings (SSSR count). The SMILES string of the molecule is N#Cc1cc(C#N)cc(-n2c3ccccc3c3ccc4c5ccccc5n(-c5c(C#N)cccc5C(F)(F)F)c4c32)c1. The molecule has 0 saturated heterocycles. The summed E-state index contributed by atoms with van der Waals surface area (Å²) in [4.78, 5) is 0. The predicted molar refractivity (Wildman–Crippen MR) is 154 cm³/mol. The monoisotopic (exact) mass is 551 g/mol. The number of hydrogen-bond donors (Lipinski definition) is 0. The van der Waals surface area contributed by atoms with E-state index in [-0.39, 0.29) is 22.4 Å². The minimum atomic E-state index is -4.73. The predicted octanol–water partition coefficient (Wildman–Crippen LogP) is 8.51. The molecule has 0 amide bonds. The van der Waals surface area contributed by atoms with Gasteiger partial charge in [-0.25, -0.2) is 0 Å². The van der Waals surface area contributed by atoms with Gasteiger partial charge in [0.25, 0.3) is 0 Å². The van der Waals surface area contributed by atoms with Crippen LogP contribution in [-0.4, -0.2) is 9.13 Å². The third-order valence-electron chi connectivity index (χ3n) is 7.59. The Kier molecular flexibility index (Phi) is 5.34. The zero-order valence-electron chi connectivity index (χ0n) is 21.6. The first kappa shape index (κ1) is 25.0. The van der Waals surface area contributed by atoms with Crippen molar-refractivity contribution in [3.05, 3.63) is 119 Å². The van der Waals surface area contributed by atoms with Crippen LogP contribution in [0.1, 0.15) is 22.3 Å². The van der Waals surface area contributed by atoms with Crippen LogP contribution in [0.2, 0.25) is 0 Å². The van der Waals surface area contributed by atoms with Crippen molar-refractivity contribution in [2.45, 2.75) is 6.18 Å². The van der Waals surface area contributed by atoms with Crippen molar-refractivity contribution in [2.75, 3.05) is 0 Å². The number of fused-ring (bicyclic) bond motifs is 7. The average Bonchev–Trinajstić information content (AvgIpc) is 3.53. The highest BCUT2D eigenvalue weighted by atomic mass is 19.4. The van der Waals surface area contributed by atoms with Gasteiger partial charge in [0.1, 0.15) is 6.07 Å². The van der Waals surface area contributed by atoms with Crippen molar-refractivity contribution < 1.29 is 13.2 Å². The summed E-state index contributed by atoms with van der Waals surface area (Å²) in [7, 11) is 0. The van der Waals surface area contributed by atoms with Gasteiger partial charge in [0.15, 0.2) is 0 Å². The van der Waals surface area contributed by atoms with Crippen molar-refractivity contribution in [3.8, 4) is 29.6 Å². The molecule has 0 unspecified atom stereocenters. The highest BCUT2D eigenvalue weighted by molar-refractivity contribution is 6.23. The van der Waals surface area contributed by atoms with E-state index in [1.807, 2.05) is 59.2 Å². The Morgan fingerprint density at radius 1 is 0.548 bits per heavy atom. The Labute approximate surface area is 236 Å². The summed E-state index contributed by atoms with van der Waals surface area (Å²) in [6.07, 6.45) is -4.73. The van der Waals surface area contributed by atoms with E-state index in [4.69, 9.17) is 0 Å². The molecule has 2 aromatic heterocycles. The maximum atomic E-state index is 14.6. The molecule has 0 aliphatic rings. The van der Waals surface area contributed by atoms with Crippen LogP contribution in [0, 0.1) is 34.0 Å². The van der Waals surface area contributed by atoms with Gasteiger partial charge >= 0.3 is 6.18 Å². The van der Waals surface area contributed by atoms with Crippen LogP contribution in [0.25, 0.3) is 55.0 Å². The molecular weight excluding hydrogens is 535 g/mol. The number of aromatic nitrogens is 2. The van der Waals surface area contributed by atoms with Gasteiger partial charge in [-0.2, -0.15) is 29.0 Å². The lowest BCUT2D eigenvalue weighted by Gasteiger charge is -2.18. The van der Waals surface area contributed by atoms with Gasteiger partial charge in [-0.15, -0.1) is 0 Å². The molecule has 0 atom stereocenters. The highest BCUT2D eigenvalue weighted by Crippen LogP contribution is 2.44. The highest BCUT2D eigenvalue weighted by Gasteiger charge is 2.36. The number of rotatable bonds is 2. The topological polar surface area (TPSA) is 81.2 Å². The quantitative estimate of drug-likeness (QED) is 0.216. The lowest BCUT2D eigenvalue weighted by molar-refractivity contribution is -0.137. The maximum Gasteiger partial charge on any atom is 0.418 e. The van der Waals surface area contributed by atoms with Gasteiger partial charge in [0.05, 0.1) is 62.1 Å². The molecule has 0 saturated carbocycles. The molecule has 5 aromatic carbocycles. The minimum Gasteiger partial charge on any atom is -0.307 e. The number of halogens is 3. The summed E-state index contributed by atoms with van der Waals surface area (Å²) >= 11 is 0. The zero-order chi connectivity index (χ0) is 29.2. The van der Waals surface area contributed by atoms with Gasteiger partial charge in [-0.3, -0.25) is 0 Å². The van der Waals surface area contributed by atoms with Crippen LogP contribution in [0.5, 0.6) is 0 Å². The van der Waals surface area contributed by atoms with Gasteiger partial charge in [0.2, 0.25) is 0 Å². The Morgan fingerprint density at radius 2 is 1.10 bits per heavy atom. The second-order valence-corrected chi connectivity index (χ2v) is 9.87. The fourth-order valence-electron chi connectivity index (χ4n) is 5.97. The van der Waals surface area contributed by atoms with Crippen LogP contribution in [0.3, 0.4) is 0 Å². The summed E-state index contributed by atoms with van der Waals surface area (Å²) in [5, 5.41) is 32.5. The molecule has 7 aromatic rings. The van der Waals surface area contributed by atoms with Gasteiger partial charge < -0.3 is 9.13 Å². The summed E-state index contributed by atoms with van der Waals surface area (Å²) in [5.74, 6) is 0. The van der Waals surface area contributed by atoms with E-state index in [1.165, 1.54) is 22.8 Å². The molecule has 0 bridgehead atoms. The molecule has 42 heavy (non-hydrogen) atoms. The lowest BCUT2D eigenvalue weighted by atomic mass is 10.1. The molecule has 0 spiro atoms. The Balaban J connectivity index is 1.80. The third-order valence-corrected chi connectivity index (χ3v) is 7.59. The molecule has 8 heteroatoms. The average molecular weight is 552 g/mol. The summed E-state index contributed by atoms with van der Waals surface area (Å²) in [6, 6.07) is 33.1. The number of alkyl halides is 3. The molecule has 198 valence electrons. The molecule has 2 heterocycles. The third kappa shape index (κ3) is 3.48. The standard InChI is InChI=1S/C34H16F3N5/c35-34(36,37)28-9-5-6-22(19-40)31(28)42-30-11-4-2-8-25(30)27-13-12-26-24-7-1-3-10-29(24)41(32(26)33(27)42)23-15-20(17-38)14-21(16-23)18-39/h1-16H. The normalized spacial score (nSPS) is 11.6. The fraction of sp³-hybridized carbons (Fsp3) is 0.0294. The second kappa shape index (κ2) is 8.99. The molecule has 0 radical (unpaired) electrons. The van der Waals surface area contributed by atoms with Crippen molar-refractivity contribution in [1.82, 2.24) is 9.13 Å². The second-order valence-electron chi connectivity index (χ2n) is 9.87. The van der Waals surface area contributed by atoms with E-state index < -0.39 is 11.7 Å². The van der Waals surface area contributed by atoms with Crippen molar-refractivity contribution in [2.24, 2.45) is 0 Å². The number of benzene rings is 5. The Morgan fingerprint density at radius 3 is 1.64 bits per heavy atom. The molecular formula is C34H16F3N5. The van der Waals surface area contributed by atoms with Crippen molar-refractivity contribution in [1.29, 1.82) is 15.8 Å². The largest absolute Gasteiger partial charge is 0.418 e. The molecule has 0 aliphatic heterocycles. The van der Waals surface area contributed by atoms with E-state index in [9.17, 15) is 29.0 Å². The van der Waals surface area contributed by atoms with Crippen molar-refractivity contribution in [3.63, 3.8) is 0 Å². The van der Waals surface area contributed by atoms with Gasteiger partial charge in [-0.05, 0) is 42.5 Å². The summed E-state index contributed by atoms with van der Waals surface area (Å²) in [5.41, 5.74) is 2.08. The van der Waals surface area contributed by atoms with E-state index >= 15 is 0 Å². The fourth-order valence-corrected chi connectivity index (χ4v) is 5.97. The van der Waals surface area contributed by atoms with E-state index in [0.717, 1.165) is 27.7 Å². The summed E-state index contributed by atoms with van der Waals surface area (Å²) in [6.45, 7) is 0. The lowest BCUT2D eigenvalue weighted by Crippen LogP contribution is -2.12. The van der Waals surface area contributed by atoms with E-state index in [2.05, 4.69) is 12.1 Å². The minimum absolute atomic E-state index is 0.120. The maximum absolute atomic E-state index is 14.6. The Bertz CT molecular complexity index is 2360. The van der Waals surface area contributed by atoms with Gasteiger partial charge in [0, 0.05) is 27.2 Å². The molecule has 5 nitrogen and oxygen atoms in total. The molecule has 0 aliphatic carbocycles. The first-order valence-electron chi connectivity index (χ1n) is 12.9. The molecule has 0 fully saturated rings.